The summed E-state index contributed by atoms with van der Waals surface area (Å²) in [6, 6.07) is 5.54. The Morgan fingerprint density at radius 1 is 1.14 bits per heavy atom. The summed E-state index contributed by atoms with van der Waals surface area (Å²) in [5.41, 5.74) is 0.636. The van der Waals surface area contributed by atoms with Gasteiger partial charge in [0.05, 0.1) is 0 Å². The van der Waals surface area contributed by atoms with Gasteiger partial charge in [-0.05, 0) is 56.5 Å². The monoisotopic (exact) mass is 333 g/mol. The molecule has 0 atom stereocenters. The van der Waals surface area contributed by atoms with Crippen LogP contribution in [-0.2, 0) is 0 Å². The van der Waals surface area contributed by atoms with E-state index < -0.39 is 6.36 Å². The number of alkyl halides is 3. The molecule has 0 aliphatic carbocycles. The van der Waals surface area contributed by atoms with Crippen LogP contribution in [0.4, 0.5) is 18.9 Å². The van der Waals surface area contributed by atoms with Crippen molar-refractivity contribution in [1.29, 1.82) is 0 Å². The number of halogens is 3. The molecule has 1 saturated heterocycles. The van der Waals surface area contributed by atoms with Crippen molar-refractivity contribution in [2.45, 2.75) is 12.8 Å². The van der Waals surface area contributed by atoms with Crippen LogP contribution in [0.5, 0.6) is 5.75 Å². The number of likely N-dealkylation sites (N-methyl/N-ethyl adjacent to an activating group) is 1. The first-order valence-electron chi connectivity index (χ1n) is 6.94. The second kappa shape index (κ2) is 7.15. The first-order chi connectivity index (χ1) is 10.3. The van der Waals surface area contributed by atoms with Crippen molar-refractivity contribution >= 4 is 23.0 Å². The molecule has 4 nitrogen and oxygen atoms in total. The number of hydrogen-bond donors (Lipinski definition) is 1. The molecule has 0 saturated carbocycles. The Kier molecular flexibility index (Phi) is 5.47. The molecule has 1 aliphatic heterocycles. The molecule has 22 heavy (non-hydrogen) atoms. The predicted octanol–water partition coefficient (Wildman–Crippen LogP) is 2.92. The molecule has 0 unspecified atom stereocenters. The molecule has 122 valence electrons. The van der Waals surface area contributed by atoms with E-state index in [4.69, 9.17) is 12.2 Å². The van der Waals surface area contributed by atoms with Crippen LogP contribution in [0.2, 0.25) is 0 Å². The number of nitrogens with zero attached hydrogens (tertiary/aromatic N) is 2. The Hall–Kier alpha value is -1.54. The molecule has 1 fully saturated rings. The van der Waals surface area contributed by atoms with Crippen molar-refractivity contribution in [2.24, 2.45) is 0 Å². The van der Waals surface area contributed by atoms with E-state index >= 15 is 0 Å². The summed E-state index contributed by atoms with van der Waals surface area (Å²) in [6.45, 7) is 3.66. The van der Waals surface area contributed by atoms with Crippen LogP contribution in [0, 0.1) is 0 Å². The van der Waals surface area contributed by atoms with Gasteiger partial charge in [-0.1, -0.05) is 0 Å². The Balaban J connectivity index is 1.91. The highest BCUT2D eigenvalue weighted by Gasteiger charge is 2.30. The second-order valence-electron chi connectivity index (χ2n) is 5.15. The largest absolute Gasteiger partial charge is 0.573 e. The smallest absolute Gasteiger partial charge is 0.406 e. The summed E-state index contributed by atoms with van der Waals surface area (Å²) in [7, 11) is 2.07. The molecule has 8 heteroatoms. The van der Waals surface area contributed by atoms with E-state index in [0.29, 0.717) is 10.8 Å². The van der Waals surface area contributed by atoms with E-state index in [1.807, 2.05) is 0 Å². The highest BCUT2D eigenvalue weighted by molar-refractivity contribution is 7.80. The van der Waals surface area contributed by atoms with Crippen LogP contribution in [0.15, 0.2) is 24.3 Å². The zero-order valence-electron chi connectivity index (χ0n) is 12.2. The zero-order valence-corrected chi connectivity index (χ0v) is 13.0. The van der Waals surface area contributed by atoms with Crippen LogP contribution >= 0.6 is 12.2 Å². The maximum atomic E-state index is 12.1. The standard InChI is InChI=1S/C14H18F3N3OS/c1-19-7-2-8-20(10-9-19)13(22)18-11-3-5-12(6-4-11)21-14(15,16)17/h3-6H,2,7-10H2,1H3,(H,18,22). The van der Waals surface area contributed by atoms with Crippen LogP contribution in [0.25, 0.3) is 0 Å². The Bertz CT molecular complexity index is 507. The number of hydrogen-bond acceptors (Lipinski definition) is 3. The van der Waals surface area contributed by atoms with E-state index in [1.165, 1.54) is 24.3 Å². The summed E-state index contributed by atoms with van der Waals surface area (Å²) in [5, 5.41) is 3.63. The van der Waals surface area contributed by atoms with E-state index in [-0.39, 0.29) is 5.75 Å². The van der Waals surface area contributed by atoms with E-state index in [2.05, 4.69) is 26.9 Å². The molecule has 2 rings (SSSR count). The van der Waals surface area contributed by atoms with Crippen LogP contribution < -0.4 is 10.1 Å². The second-order valence-corrected chi connectivity index (χ2v) is 5.53. The number of ether oxygens (including phenoxy) is 1. The van der Waals surface area contributed by atoms with Gasteiger partial charge in [0.25, 0.3) is 0 Å². The first-order valence-corrected chi connectivity index (χ1v) is 7.34. The summed E-state index contributed by atoms with van der Waals surface area (Å²) in [5.74, 6) is -0.250. The van der Waals surface area contributed by atoms with Gasteiger partial charge in [-0.3, -0.25) is 0 Å². The van der Waals surface area contributed by atoms with Crippen molar-refractivity contribution in [3.05, 3.63) is 24.3 Å². The maximum Gasteiger partial charge on any atom is 0.573 e. The van der Waals surface area contributed by atoms with Gasteiger partial charge in [0.2, 0.25) is 0 Å². The third kappa shape index (κ3) is 5.34. The quantitative estimate of drug-likeness (QED) is 0.840. The fourth-order valence-corrected chi connectivity index (χ4v) is 2.49. The minimum absolute atomic E-state index is 0.250. The summed E-state index contributed by atoms with van der Waals surface area (Å²) >= 11 is 5.36. The van der Waals surface area contributed by atoms with Crippen molar-refractivity contribution in [3.8, 4) is 5.75 Å². The van der Waals surface area contributed by atoms with Crippen LogP contribution in [0.1, 0.15) is 6.42 Å². The molecule has 1 aliphatic rings. The molecule has 0 bridgehead atoms. The van der Waals surface area contributed by atoms with Crippen LogP contribution in [-0.4, -0.2) is 54.5 Å². The number of rotatable bonds is 2. The first kappa shape index (κ1) is 16.8. The highest BCUT2D eigenvalue weighted by atomic mass is 32.1. The van der Waals surface area contributed by atoms with E-state index in [1.54, 1.807) is 0 Å². The van der Waals surface area contributed by atoms with Gasteiger partial charge >= 0.3 is 6.36 Å². The van der Waals surface area contributed by atoms with Gasteiger partial charge in [-0.15, -0.1) is 13.2 Å². The molecule has 0 aromatic heterocycles. The fourth-order valence-electron chi connectivity index (χ4n) is 2.19. The molecule has 1 aromatic carbocycles. The number of nitrogens with one attached hydrogen (secondary N) is 1. The molecular weight excluding hydrogens is 315 g/mol. The van der Waals surface area contributed by atoms with E-state index in [0.717, 1.165) is 32.6 Å². The summed E-state index contributed by atoms with van der Waals surface area (Å²) in [6.07, 6.45) is -3.65. The molecule has 0 spiro atoms. The lowest BCUT2D eigenvalue weighted by Gasteiger charge is -2.24. The SMILES string of the molecule is CN1CCCN(C(=S)Nc2ccc(OC(F)(F)F)cc2)CC1. The summed E-state index contributed by atoms with van der Waals surface area (Å²) < 4.78 is 40.1. The fraction of sp³-hybridized carbons (Fsp3) is 0.500. The van der Waals surface area contributed by atoms with Crippen molar-refractivity contribution in [3.63, 3.8) is 0 Å². The van der Waals surface area contributed by atoms with Gasteiger partial charge in [-0.25, -0.2) is 0 Å². The molecule has 1 aromatic rings. The lowest BCUT2D eigenvalue weighted by Crippen LogP contribution is -2.37. The predicted molar refractivity (Wildman–Crippen MR) is 83.0 cm³/mol. The van der Waals surface area contributed by atoms with Gasteiger partial charge in [0.1, 0.15) is 5.75 Å². The van der Waals surface area contributed by atoms with Gasteiger partial charge in [0.15, 0.2) is 5.11 Å². The lowest BCUT2D eigenvalue weighted by atomic mass is 10.3. The Morgan fingerprint density at radius 3 is 2.45 bits per heavy atom. The van der Waals surface area contributed by atoms with Crippen molar-refractivity contribution in [1.82, 2.24) is 9.80 Å². The highest BCUT2D eigenvalue weighted by Crippen LogP contribution is 2.24. The van der Waals surface area contributed by atoms with Gasteiger partial charge in [0, 0.05) is 25.3 Å². The van der Waals surface area contributed by atoms with Crippen molar-refractivity contribution in [2.75, 3.05) is 38.5 Å². The number of anilines is 1. The van der Waals surface area contributed by atoms with E-state index in [9.17, 15) is 13.2 Å². The maximum absolute atomic E-state index is 12.1. The molecule has 1 N–H and O–H groups in total. The third-order valence-corrected chi connectivity index (χ3v) is 3.71. The average molecular weight is 333 g/mol. The van der Waals surface area contributed by atoms with Crippen LogP contribution in [0.3, 0.4) is 0 Å². The minimum Gasteiger partial charge on any atom is -0.406 e. The lowest BCUT2D eigenvalue weighted by molar-refractivity contribution is -0.274. The topological polar surface area (TPSA) is 27.7 Å². The zero-order chi connectivity index (χ0) is 16.2. The molecule has 1 heterocycles. The number of thiocarbonyl (C=S) groups is 1. The normalized spacial score (nSPS) is 17.0. The minimum atomic E-state index is -4.68. The van der Waals surface area contributed by atoms with Crippen molar-refractivity contribution < 1.29 is 17.9 Å². The van der Waals surface area contributed by atoms with Gasteiger partial charge in [-0.2, -0.15) is 0 Å². The Labute approximate surface area is 132 Å². The molecule has 0 amide bonds. The summed E-state index contributed by atoms with van der Waals surface area (Å²) in [4.78, 5) is 4.31. The third-order valence-electron chi connectivity index (χ3n) is 3.35. The number of benzene rings is 1. The molecule has 0 radical (unpaired) electrons. The van der Waals surface area contributed by atoms with Gasteiger partial charge < -0.3 is 19.9 Å². The molecular formula is C14H18F3N3OS. The Morgan fingerprint density at radius 2 is 1.82 bits per heavy atom. The average Bonchev–Trinajstić information content (AvgIpc) is 2.64.